The van der Waals surface area contributed by atoms with E-state index in [0.717, 1.165) is 22.4 Å². The second kappa shape index (κ2) is 8.90. The van der Waals surface area contributed by atoms with E-state index in [4.69, 9.17) is 16.3 Å². The van der Waals surface area contributed by atoms with E-state index < -0.39 is 0 Å². The Morgan fingerprint density at radius 3 is 2.48 bits per heavy atom. The van der Waals surface area contributed by atoms with Crippen LogP contribution in [0.2, 0.25) is 5.02 Å². The fraction of sp³-hybridized carbons (Fsp3) is 0.0870. The van der Waals surface area contributed by atoms with Crippen molar-refractivity contribution in [3.63, 3.8) is 0 Å². The Morgan fingerprint density at radius 1 is 0.931 bits per heavy atom. The first-order chi connectivity index (χ1) is 14.2. The Kier molecular flexibility index (Phi) is 5.89. The molecule has 0 aliphatic heterocycles. The molecular formula is C23H19ClFN3O. The maximum atomic E-state index is 13.2. The summed E-state index contributed by atoms with van der Waals surface area (Å²) in [7, 11) is 0. The van der Waals surface area contributed by atoms with Crippen LogP contribution < -0.4 is 10.1 Å². The van der Waals surface area contributed by atoms with E-state index in [0.29, 0.717) is 29.6 Å². The Morgan fingerprint density at radius 2 is 1.72 bits per heavy atom. The van der Waals surface area contributed by atoms with Crippen LogP contribution in [-0.2, 0) is 13.1 Å². The number of nitrogens with zero attached hydrogens (tertiary/aromatic N) is 1. The largest absolute Gasteiger partial charge is 0.457 e. The van der Waals surface area contributed by atoms with Gasteiger partial charge in [0.15, 0.2) is 0 Å². The average Bonchev–Trinajstić information content (AvgIpc) is 3.18. The third kappa shape index (κ3) is 5.02. The number of hydrogen-bond donors (Lipinski definition) is 2. The van der Waals surface area contributed by atoms with Crippen molar-refractivity contribution in [3.8, 4) is 22.8 Å². The van der Waals surface area contributed by atoms with Gasteiger partial charge in [0.25, 0.3) is 0 Å². The minimum Gasteiger partial charge on any atom is -0.457 e. The summed E-state index contributed by atoms with van der Waals surface area (Å²) >= 11 is 5.96. The molecule has 0 saturated heterocycles. The van der Waals surface area contributed by atoms with Crippen LogP contribution in [-0.4, -0.2) is 10.2 Å². The van der Waals surface area contributed by atoms with Gasteiger partial charge in [0, 0.05) is 29.7 Å². The predicted molar refractivity (Wildman–Crippen MR) is 112 cm³/mol. The highest BCUT2D eigenvalue weighted by Gasteiger charge is 2.07. The molecule has 0 aliphatic rings. The van der Waals surface area contributed by atoms with Gasteiger partial charge in [-0.3, -0.25) is 5.10 Å². The molecule has 0 saturated carbocycles. The summed E-state index contributed by atoms with van der Waals surface area (Å²) in [6.45, 7) is 1.38. The summed E-state index contributed by atoms with van der Waals surface area (Å²) < 4.78 is 18.9. The van der Waals surface area contributed by atoms with Crippen LogP contribution in [0.1, 0.15) is 11.1 Å². The van der Waals surface area contributed by atoms with Gasteiger partial charge in [-0.1, -0.05) is 41.9 Å². The lowest BCUT2D eigenvalue weighted by Crippen LogP contribution is -2.12. The van der Waals surface area contributed by atoms with E-state index in [1.165, 1.54) is 12.1 Å². The lowest BCUT2D eigenvalue weighted by atomic mass is 10.1. The molecule has 2 N–H and O–H groups in total. The summed E-state index contributed by atoms with van der Waals surface area (Å²) in [5, 5.41) is 11.3. The van der Waals surface area contributed by atoms with Crippen LogP contribution in [0.4, 0.5) is 4.39 Å². The normalized spacial score (nSPS) is 10.8. The second-order valence-corrected chi connectivity index (χ2v) is 7.02. The molecule has 29 heavy (non-hydrogen) atoms. The first kappa shape index (κ1) is 19.2. The monoisotopic (exact) mass is 407 g/mol. The van der Waals surface area contributed by atoms with E-state index in [1.807, 2.05) is 54.7 Å². The van der Waals surface area contributed by atoms with Crippen molar-refractivity contribution in [3.05, 3.63) is 101 Å². The van der Waals surface area contributed by atoms with E-state index in [1.54, 1.807) is 12.1 Å². The van der Waals surface area contributed by atoms with Crippen molar-refractivity contribution in [2.75, 3.05) is 0 Å². The van der Waals surface area contributed by atoms with Crippen LogP contribution >= 0.6 is 11.6 Å². The first-order valence-electron chi connectivity index (χ1n) is 9.19. The van der Waals surface area contributed by atoms with Gasteiger partial charge < -0.3 is 10.1 Å². The Hall–Kier alpha value is -3.15. The molecule has 0 spiro atoms. The number of benzene rings is 3. The number of aromatic nitrogens is 2. The number of nitrogens with one attached hydrogen (secondary N) is 2. The number of rotatable bonds is 7. The van der Waals surface area contributed by atoms with E-state index in [9.17, 15) is 4.39 Å². The van der Waals surface area contributed by atoms with Gasteiger partial charge in [0.2, 0.25) is 0 Å². The fourth-order valence-corrected chi connectivity index (χ4v) is 3.12. The van der Waals surface area contributed by atoms with Crippen LogP contribution in [0, 0.1) is 5.82 Å². The molecule has 0 fully saturated rings. The van der Waals surface area contributed by atoms with Crippen LogP contribution in [0.25, 0.3) is 11.3 Å². The van der Waals surface area contributed by atoms with Gasteiger partial charge in [-0.05, 0) is 47.5 Å². The van der Waals surface area contributed by atoms with Crippen molar-refractivity contribution in [1.29, 1.82) is 0 Å². The van der Waals surface area contributed by atoms with Crippen LogP contribution in [0.15, 0.2) is 79.0 Å². The zero-order valence-electron chi connectivity index (χ0n) is 15.5. The molecule has 1 aromatic heterocycles. The van der Waals surface area contributed by atoms with Crippen molar-refractivity contribution in [2.24, 2.45) is 0 Å². The van der Waals surface area contributed by atoms with Gasteiger partial charge in [-0.2, -0.15) is 5.10 Å². The summed E-state index contributed by atoms with van der Waals surface area (Å²) in [4.78, 5) is 0. The van der Waals surface area contributed by atoms with Gasteiger partial charge in [-0.25, -0.2) is 4.39 Å². The zero-order chi connectivity index (χ0) is 20.1. The van der Waals surface area contributed by atoms with Crippen molar-refractivity contribution in [1.82, 2.24) is 15.5 Å². The highest BCUT2D eigenvalue weighted by atomic mass is 35.5. The molecule has 0 bridgehead atoms. The fourth-order valence-electron chi connectivity index (χ4n) is 3.00. The van der Waals surface area contributed by atoms with Crippen molar-refractivity contribution < 1.29 is 9.13 Å². The van der Waals surface area contributed by atoms with Gasteiger partial charge >= 0.3 is 0 Å². The average molecular weight is 408 g/mol. The Bertz CT molecular complexity index is 1080. The van der Waals surface area contributed by atoms with Gasteiger partial charge in [-0.15, -0.1) is 0 Å². The molecule has 4 rings (SSSR count). The number of hydrogen-bond acceptors (Lipinski definition) is 3. The lowest BCUT2D eigenvalue weighted by molar-refractivity contribution is 0.476. The second-order valence-electron chi connectivity index (χ2n) is 6.58. The zero-order valence-corrected chi connectivity index (χ0v) is 16.3. The molecule has 0 amide bonds. The smallest absolute Gasteiger partial charge is 0.130 e. The highest BCUT2D eigenvalue weighted by Crippen LogP contribution is 2.24. The van der Waals surface area contributed by atoms with E-state index in [-0.39, 0.29) is 5.82 Å². The standard InChI is InChI=1S/C23H19ClFN3O/c24-19-8-6-17(7-9-19)23-18(15-27-28-23)14-26-13-16-4-10-21(11-5-16)29-22-3-1-2-20(25)12-22/h1-12,15,26H,13-14H2,(H,27,28). The number of aromatic amines is 1. The summed E-state index contributed by atoms with van der Waals surface area (Å²) in [6, 6.07) is 21.5. The Labute approximate surface area is 173 Å². The number of halogens is 2. The maximum absolute atomic E-state index is 13.2. The number of ether oxygens (including phenoxy) is 1. The molecule has 1 heterocycles. The highest BCUT2D eigenvalue weighted by molar-refractivity contribution is 6.30. The molecule has 3 aromatic carbocycles. The molecule has 4 aromatic rings. The van der Waals surface area contributed by atoms with E-state index in [2.05, 4.69) is 15.5 Å². The molecule has 4 nitrogen and oxygen atoms in total. The van der Waals surface area contributed by atoms with Crippen LogP contribution in [0.3, 0.4) is 0 Å². The SMILES string of the molecule is Fc1cccc(Oc2ccc(CNCc3cn[nH]c3-c3ccc(Cl)cc3)cc2)c1. The number of H-pyrrole nitrogens is 1. The topological polar surface area (TPSA) is 49.9 Å². The van der Waals surface area contributed by atoms with E-state index >= 15 is 0 Å². The predicted octanol–water partition coefficient (Wildman–Crippen LogP) is 5.95. The first-order valence-corrected chi connectivity index (χ1v) is 9.56. The minimum atomic E-state index is -0.319. The van der Waals surface area contributed by atoms with Crippen molar-refractivity contribution in [2.45, 2.75) is 13.1 Å². The molecule has 6 heteroatoms. The molecule has 146 valence electrons. The van der Waals surface area contributed by atoms with Gasteiger partial charge in [0.1, 0.15) is 17.3 Å². The summed E-state index contributed by atoms with van der Waals surface area (Å²) in [6.07, 6.45) is 1.83. The summed E-state index contributed by atoms with van der Waals surface area (Å²) in [5.74, 6) is 0.824. The molecular weight excluding hydrogens is 389 g/mol. The Balaban J connectivity index is 1.33. The maximum Gasteiger partial charge on any atom is 0.130 e. The molecule has 0 unspecified atom stereocenters. The molecule has 0 aliphatic carbocycles. The van der Waals surface area contributed by atoms with Crippen LogP contribution in [0.5, 0.6) is 11.5 Å². The molecule has 0 atom stereocenters. The lowest BCUT2D eigenvalue weighted by Gasteiger charge is -2.08. The minimum absolute atomic E-state index is 0.319. The van der Waals surface area contributed by atoms with Gasteiger partial charge in [0.05, 0.1) is 11.9 Å². The quantitative estimate of drug-likeness (QED) is 0.398. The van der Waals surface area contributed by atoms with Crippen molar-refractivity contribution >= 4 is 11.6 Å². The third-order valence-corrected chi connectivity index (χ3v) is 4.70. The third-order valence-electron chi connectivity index (χ3n) is 4.45. The summed E-state index contributed by atoms with van der Waals surface area (Å²) in [5.41, 5.74) is 4.22. The molecule has 0 radical (unpaired) electrons.